The molecule has 1 aliphatic rings. The van der Waals surface area contributed by atoms with Crippen LogP contribution in [-0.2, 0) is 0 Å². The molecule has 0 saturated heterocycles. The highest BCUT2D eigenvalue weighted by molar-refractivity contribution is 4.72. The molecule has 0 spiro atoms. The first-order valence-electron chi connectivity index (χ1n) is 7.52. The summed E-state index contributed by atoms with van der Waals surface area (Å²) in [6.07, 6.45) is 15.8. The van der Waals surface area contributed by atoms with Crippen LogP contribution in [-0.4, -0.2) is 11.2 Å². The monoisotopic (exact) mass is 226 g/mol. The van der Waals surface area contributed by atoms with Crippen molar-refractivity contribution in [2.24, 2.45) is 5.92 Å². The van der Waals surface area contributed by atoms with Crippen LogP contribution < -0.4 is 0 Å². The zero-order valence-electron chi connectivity index (χ0n) is 11.1. The second kappa shape index (κ2) is 9.04. The zero-order valence-corrected chi connectivity index (χ0v) is 11.1. The third kappa shape index (κ3) is 5.89. The zero-order chi connectivity index (χ0) is 11.6. The number of rotatable bonds is 7. The van der Waals surface area contributed by atoms with Crippen LogP contribution in [0.3, 0.4) is 0 Å². The molecule has 1 fully saturated rings. The maximum Gasteiger partial charge on any atom is 0.0568 e. The second-order valence-corrected chi connectivity index (χ2v) is 5.52. The summed E-state index contributed by atoms with van der Waals surface area (Å²) in [6, 6.07) is 0. The Morgan fingerprint density at radius 3 is 2.38 bits per heavy atom. The third-order valence-corrected chi connectivity index (χ3v) is 4.05. The molecule has 0 bridgehead atoms. The van der Waals surface area contributed by atoms with Crippen molar-refractivity contribution >= 4 is 0 Å². The molecule has 1 saturated carbocycles. The molecule has 0 heterocycles. The van der Waals surface area contributed by atoms with E-state index in [1.165, 1.54) is 70.6 Å². The number of unbranched alkanes of at least 4 members (excludes halogenated alkanes) is 5. The van der Waals surface area contributed by atoms with Gasteiger partial charge in [-0.05, 0) is 25.2 Å². The van der Waals surface area contributed by atoms with Gasteiger partial charge in [0.2, 0.25) is 0 Å². The molecule has 0 aromatic carbocycles. The lowest BCUT2D eigenvalue weighted by atomic mass is 9.91. The quantitative estimate of drug-likeness (QED) is 0.494. The Labute approximate surface area is 102 Å². The van der Waals surface area contributed by atoms with Crippen LogP contribution in [0.1, 0.15) is 84.0 Å². The average Bonchev–Trinajstić information content (AvgIpc) is 2.49. The molecule has 0 amide bonds. The van der Waals surface area contributed by atoms with Gasteiger partial charge in [-0.1, -0.05) is 64.7 Å². The van der Waals surface area contributed by atoms with Gasteiger partial charge in [-0.15, -0.1) is 0 Å². The summed E-state index contributed by atoms with van der Waals surface area (Å²) in [7, 11) is 0. The molecule has 0 aromatic rings. The molecule has 1 N–H and O–H groups in total. The van der Waals surface area contributed by atoms with Gasteiger partial charge in [-0.25, -0.2) is 0 Å². The van der Waals surface area contributed by atoms with Crippen LogP contribution in [0, 0.1) is 5.92 Å². The smallest absolute Gasteiger partial charge is 0.0568 e. The molecule has 1 nitrogen and oxygen atoms in total. The molecule has 16 heavy (non-hydrogen) atoms. The van der Waals surface area contributed by atoms with Crippen LogP contribution in [0.5, 0.6) is 0 Å². The highest BCUT2D eigenvalue weighted by atomic mass is 16.3. The summed E-state index contributed by atoms with van der Waals surface area (Å²) < 4.78 is 0. The van der Waals surface area contributed by atoms with E-state index in [1.54, 1.807) is 0 Å². The standard InChI is InChI=1S/C15H30O/c1-2-3-4-5-6-8-11-14-12-9-7-10-13-15(14)16/h14-16H,2-13H2,1H3. The minimum atomic E-state index is 0.0122. The fourth-order valence-corrected chi connectivity index (χ4v) is 2.89. The normalized spacial score (nSPS) is 26.6. The molecule has 0 radical (unpaired) electrons. The first-order valence-corrected chi connectivity index (χ1v) is 7.52. The average molecular weight is 226 g/mol. The van der Waals surface area contributed by atoms with E-state index < -0.39 is 0 Å². The lowest BCUT2D eigenvalue weighted by Crippen LogP contribution is -2.18. The van der Waals surface area contributed by atoms with Crippen molar-refractivity contribution in [1.29, 1.82) is 0 Å². The van der Waals surface area contributed by atoms with E-state index in [0.717, 1.165) is 6.42 Å². The predicted molar refractivity (Wildman–Crippen MR) is 70.6 cm³/mol. The highest BCUT2D eigenvalue weighted by Crippen LogP contribution is 2.27. The van der Waals surface area contributed by atoms with Crippen LogP contribution in [0.2, 0.25) is 0 Å². The fraction of sp³-hybridized carbons (Fsp3) is 1.00. The molecule has 0 aliphatic heterocycles. The van der Waals surface area contributed by atoms with Gasteiger partial charge in [0.25, 0.3) is 0 Å². The van der Waals surface area contributed by atoms with Gasteiger partial charge in [0.05, 0.1) is 6.10 Å². The molecular formula is C15H30O. The molecule has 1 heteroatoms. The molecular weight excluding hydrogens is 196 g/mol. The van der Waals surface area contributed by atoms with Crippen molar-refractivity contribution < 1.29 is 5.11 Å². The van der Waals surface area contributed by atoms with Gasteiger partial charge in [0.15, 0.2) is 0 Å². The Hall–Kier alpha value is -0.0400. The maximum absolute atomic E-state index is 9.99. The second-order valence-electron chi connectivity index (χ2n) is 5.52. The topological polar surface area (TPSA) is 20.2 Å². The number of aliphatic hydroxyl groups is 1. The Bertz CT molecular complexity index is 156. The largest absolute Gasteiger partial charge is 0.393 e. The molecule has 1 rings (SSSR count). The van der Waals surface area contributed by atoms with Gasteiger partial charge in [0, 0.05) is 0 Å². The van der Waals surface area contributed by atoms with Gasteiger partial charge in [-0.2, -0.15) is 0 Å². The van der Waals surface area contributed by atoms with Gasteiger partial charge >= 0.3 is 0 Å². The van der Waals surface area contributed by atoms with E-state index in [1.807, 2.05) is 0 Å². The number of hydrogen-bond donors (Lipinski definition) is 1. The number of aliphatic hydroxyl groups excluding tert-OH is 1. The maximum atomic E-state index is 9.99. The van der Waals surface area contributed by atoms with Crippen molar-refractivity contribution in [2.45, 2.75) is 90.1 Å². The fourth-order valence-electron chi connectivity index (χ4n) is 2.89. The Morgan fingerprint density at radius 1 is 0.875 bits per heavy atom. The number of hydrogen-bond acceptors (Lipinski definition) is 1. The first kappa shape index (κ1) is 14.0. The van der Waals surface area contributed by atoms with Crippen molar-refractivity contribution in [3.63, 3.8) is 0 Å². The van der Waals surface area contributed by atoms with Crippen LogP contribution in [0.4, 0.5) is 0 Å². The molecule has 2 unspecified atom stereocenters. The van der Waals surface area contributed by atoms with Gasteiger partial charge in [0.1, 0.15) is 0 Å². The van der Waals surface area contributed by atoms with E-state index >= 15 is 0 Å². The van der Waals surface area contributed by atoms with Crippen molar-refractivity contribution in [3.05, 3.63) is 0 Å². The van der Waals surface area contributed by atoms with Crippen LogP contribution in [0.15, 0.2) is 0 Å². The van der Waals surface area contributed by atoms with Gasteiger partial charge in [-0.3, -0.25) is 0 Å². The molecule has 1 aliphatic carbocycles. The lowest BCUT2D eigenvalue weighted by molar-refractivity contribution is 0.0942. The highest BCUT2D eigenvalue weighted by Gasteiger charge is 2.20. The lowest BCUT2D eigenvalue weighted by Gasteiger charge is -2.19. The van der Waals surface area contributed by atoms with E-state index in [-0.39, 0.29) is 6.10 Å². The summed E-state index contributed by atoms with van der Waals surface area (Å²) >= 11 is 0. The van der Waals surface area contributed by atoms with E-state index in [2.05, 4.69) is 6.92 Å². The summed E-state index contributed by atoms with van der Waals surface area (Å²) in [6.45, 7) is 2.27. The third-order valence-electron chi connectivity index (χ3n) is 4.05. The summed E-state index contributed by atoms with van der Waals surface area (Å²) in [5.41, 5.74) is 0. The van der Waals surface area contributed by atoms with Crippen molar-refractivity contribution in [2.75, 3.05) is 0 Å². The van der Waals surface area contributed by atoms with E-state index in [0.29, 0.717) is 5.92 Å². The SMILES string of the molecule is CCCCCCCCC1CCCCCC1O. The van der Waals surface area contributed by atoms with Crippen LogP contribution >= 0.6 is 0 Å². The minimum absolute atomic E-state index is 0.0122. The summed E-state index contributed by atoms with van der Waals surface area (Å²) in [4.78, 5) is 0. The first-order chi connectivity index (χ1) is 7.84. The molecule has 0 aromatic heterocycles. The van der Waals surface area contributed by atoms with E-state index in [4.69, 9.17) is 0 Å². The summed E-state index contributed by atoms with van der Waals surface area (Å²) in [5.74, 6) is 0.619. The van der Waals surface area contributed by atoms with E-state index in [9.17, 15) is 5.11 Å². The minimum Gasteiger partial charge on any atom is -0.393 e. The van der Waals surface area contributed by atoms with Crippen LogP contribution in [0.25, 0.3) is 0 Å². The predicted octanol–water partition coefficient (Wildman–Crippen LogP) is 4.68. The van der Waals surface area contributed by atoms with Crippen molar-refractivity contribution in [1.82, 2.24) is 0 Å². The molecule has 96 valence electrons. The van der Waals surface area contributed by atoms with Crippen molar-refractivity contribution in [3.8, 4) is 0 Å². The summed E-state index contributed by atoms with van der Waals surface area (Å²) in [5, 5.41) is 9.99. The Morgan fingerprint density at radius 2 is 1.56 bits per heavy atom. The Kier molecular flexibility index (Phi) is 7.92. The Balaban J connectivity index is 2.01. The van der Waals surface area contributed by atoms with Gasteiger partial charge < -0.3 is 5.11 Å². The molecule has 2 atom stereocenters.